The summed E-state index contributed by atoms with van der Waals surface area (Å²) in [4.78, 5) is 2.10. The highest BCUT2D eigenvalue weighted by Gasteiger charge is 2.17. The number of rotatable bonds is 3. The fourth-order valence-corrected chi connectivity index (χ4v) is 3.35. The van der Waals surface area contributed by atoms with Crippen molar-refractivity contribution >= 4 is 22.2 Å². The minimum atomic E-state index is -0.579. The molecule has 0 aromatic heterocycles. The fourth-order valence-electron chi connectivity index (χ4n) is 2.05. The van der Waals surface area contributed by atoms with Crippen molar-refractivity contribution in [2.45, 2.75) is 18.9 Å². The van der Waals surface area contributed by atoms with E-state index in [1.807, 2.05) is 14.1 Å². The minimum Gasteiger partial charge on any atom is -0.382 e. The maximum atomic E-state index is 11.3. The molecule has 0 unspecified atom stereocenters. The van der Waals surface area contributed by atoms with Gasteiger partial charge in [0.05, 0.1) is 0 Å². The lowest BCUT2D eigenvalue weighted by atomic mass is 10.1. The third-order valence-corrected chi connectivity index (χ3v) is 4.50. The maximum absolute atomic E-state index is 11.3. The van der Waals surface area contributed by atoms with Crippen LogP contribution >= 0.6 is 0 Å². The van der Waals surface area contributed by atoms with E-state index in [2.05, 4.69) is 34.5 Å². The Kier molecular flexibility index (Phi) is 4.05. The van der Waals surface area contributed by atoms with E-state index in [1.54, 1.807) is 0 Å². The second-order valence-electron chi connectivity index (χ2n) is 4.71. The number of nitrogens with one attached hydrogen (secondary N) is 1. The van der Waals surface area contributed by atoms with E-state index in [9.17, 15) is 4.21 Å². The first-order valence-corrected chi connectivity index (χ1v) is 7.53. The van der Waals surface area contributed by atoms with Crippen LogP contribution in [0.1, 0.15) is 12.8 Å². The maximum Gasteiger partial charge on any atom is 0.0381 e. The summed E-state index contributed by atoms with van der Waals surface area (Å²) in [6.45, 7) is 0. The molecule has 2 rings (SSSR count). The summed E-state index contributed by atoms with van der Waals surface area (Å²) in [6.07, 6.45) is 2.03. The first-order valence-electron chi connectivity index (χ1n) is 6.04. The van der Waals surface area contributed by atoms with Gasteiger partial charge in [0.1, 0.15) is 0 Å². The zero-order chi connectivity index (χ0) is 12.3. The Labute approximate surface area is 106 Å². The largest absolute Gasteiger partial charge is 0.382 e. The molecule has 94 valence electrons. The first kappa shape index (κ1) is 12.4. The Bertz CT molecular complexity index is 396. The van der Waals surface area contributed by atoms with Crippen LogP contribution in [0, 0.1) is 0 Å². The van der Waals surface area contributed by atoms with Gasteiger partial charge in [-0.3, -0.25) is 4.21 Å². The Morgan fingerprint density at radius 1 is 1.29 bits per heavy atom. The number of nitrogens with zero attached hydrogens (tertiary/aromatic N) is 1. The molecule has 3 nitrogen and oxygen atoms in total. The Hall–Kier alpha value is -1.03. The standard InChI is InChI=1S/C13H20N2OS/c1-15(2)13-5-3-4-12(10-13)14-11-6-8-17(16)9-7-11/h3-5,10-11,14H,6-9H2,1-2H3. The molecule has 0 aliphatic carbocycles. The monoisotopic (exact) mass is 252 g/mol. The van der Waals surface area contributed by atoms with E-state index in [-0.39, 0.29) is 0 Å². The van der Waals surface area contributed by atoms with Gasteiger partial charge < -0.3 is 10.2 Å². The van der Waals surface area contributed by atoms with E-state index in [4.69, 9.17) is 0 Å². The highest BCUT2D eigenvalue weighted by atomic mass is 32.2. The van der Waals surface area contributed by atoms with Crippen LogP contribution in [-0.2, 0) is 10.8 Å². The van der Waals surface area contributed by atoms with Crippen molar-refractivity contribution in [2.24, 2.45) is 0 Å². The molecule has 4 heteroatoms. The van der Waals surface area contributed by atoms with Crippen molar-refractivity contribution in [3.63, 3.8) is 0 Å². The van der Waals surface area contributed by atoms with Gasteiger partial charge in [0.25, 0.3) is 0 Å². The van der Waals surface area contributed by atoms with Gasteiger partial charge in [-0.1, -0.05) is 6.07 Å². The van der Waals surface area contributed by atoms with Crippen LogP contribution in [0.2, 0.25) is 0 Å². The summed E-state index contributed by atoms with van der Waals surface area (Å²) in [5.41, 5.74) is 2.36. The molecule has 0 bridgehead atoms. The molecule has 17 heavy (non-hydrogen) atoms. The van der Waals surface area contributed by atoms with Gasteiger partial charge in [0.2, 0.25) is 0 Å². The van der Waals surface area contributed by atoms with Crippen molar-refractivity contribution in [1.82, 2.24) is 0 Å². The predicted octanol–water partition coefficient (Wildman–Crippen LogP) is 2.08. The third kappa shape index (κ3) is 3.46. The van der Waals surface area contributed by atoms with Crippen LogP contribution in [0.4, 0.5) is 11.4 Å². The molecule has 0 radical (unpaired) electrons. The molecule has 0 atom stereocenters. The molecule has 1 saturated heterocycles. The second-order valence-corrected chi connectivity index (χ2v) is 6.41. The quantitative estimate of drug-likeness (QED) is 0.894. The molecule has 1 N–H and O–H groups in total. The summed E-state index contributed by atoms with van der Waals surface area (Å²) < 4.78 is 11.3. The van der Waals surface area contributed by atoms with Crippen molar-refractivity contribution in [3.8, 4) is 0 Å². The van der Waals surface area contributed by atoms with Crippen LogP contribution in [0.25, 0.3) is 0 Å². The van der Waals surface area contributed by atoms with Crippen LogP contribution in [0.3, 0.4) is 0 Å². The highest BCUT2D eigenvalue weighted by molar-refractivity contribution is 7.85. The molecule has 0 amide bonds. The molecule has 1 aliphatic rings. The lowest BCUT2D eigenvalue weighted by molar-refractivity contribution is 0.624. The van der Waals surface area contributed by atoms with Crippen LogP contribution in [-0.4, -0.2) is 35.9 Å². The fraction of sp³-hybridized carbons (Fsp3) is 0.538. The summed E-state index contributed by atoms with van der Waals surface area (Å²) >= 11 is 0. The van der Waals surface area contributed by atoms with Crippen LogP contribution in [0.5, 0.6) is 0 Å². The average Bonchev–Trinajstić information content (AvgIpc) is 2.32. The molecular formula is C13H20N2OS. The highest BCUT2D eigenvalue weighted by Crippen LogP contribution is 2.20. The minimum absolute atomic E-state index is 0.477. The topological polar surface area (TPSA) is 32.3 Å². The molecule has 1 aromatic carbocycles. The number of benzene rings is 1. The predicted molar refractivity (Wildman–Crippen MR) is 75.3 cm³/mol. The third-order valence-electron chi connectivity index (χ3n) is 3.12. The summed E-state index contributed by atoms with van der Waals surface area (Å²) in [6, 6.07) is 8.90. The molecule has 0 saturated carbocycles. The Balaban J connectivity index is 1.98. The van der Waals surface area contributed by atoms with Crippen molar-refractivity contribution in [2.75, 3.05) is 35.8 Å². The van der Waals surface area contributed by atoms with Gasteiger partial charge in [-0.15, -0.1) is 0 Å². The van der Waals surface area contributed by atoms with Gasteiger partial charge in [-0.25, -0.2) is 0 Å². The normalized spacial score (nSPS) is 24.4. The van der Waals surface area contributed by atoms with Crippen molar-refractivity contribution in [1.29, 1.82) is 0 Å². The second kappa shape index (κ2) is 5.54. The molecular weight excluding hydrogens is 232 g/mol. The van der Waals surface area contributed by atoms with E-state index < -0.39 is 10.8 Å². The lowest BCUT2D eigenvalue weighted by Gasteiger charge is -2.24. The summed E-state index contributed by atoms with van der Waals surface area (Å²) in [5, 5.41) is 3.54. The molecule has 1 fully saturated rings. The SMILES string of the molecule is CN(C)c1cccc(NC2CCS(=O)CC2)c1. The lowest BCUT2D eigenvalue weighted by Crippen LogP contribution is -2.29. The van der Waals surface area contributed by atoms with Crippen LogP contribution < -0.4 is 10.2 Å². The summed E-state index contributed by atoms with van der Waals surface area (Å²) in [7, 11) is 3.51. The smallest absolute Gasteiger partial charge is 0.0381 e. The zero-order valence-electron chi connectivity index (χ0n) is 10.5. The number of hydrogen-bond acceptors (Lipinski definition) is 3. The van der Waals surface area contributed by atoms with Gasteiger partial charge in [-0.2, -0.15) is 0 Å². The number of anilines is 2. The molecule has 0 spiro atoms. The van der Waals surface area contributed by atoms with Gasteiger partial charge in [0.15, 0.2) is 0 Å². The molecule has 1 aliphatic heterocycles. The van der Waals surface area contributed by atoms with Gasteiger partial charge >= 0.3 is 0 Å². The Morgan fingerprint density at radius 2 is 2.00 bits per heavy atom. The van der Waals surface area contributed by atoms with E-state index in [1.165, 1.54) is 5.69 Å². The Morgan fingerprint density at radius 3 is 2.65 bits per heavy atom. The average molecular weight is 252 g/mol. The molecule has 1 aromatic rings. The van der Waals surface area contributed by atoms with E-state index in [0.29, 0.717) is 6.04 Å². The van der Waals surface area contributed by atoms with Gasteiger partial charge in [-0.05, 0) is 31.0 Å². The van der Waals surface area contributed by atoms with E-state index >= 15 is 0 Å². The first-order chi connectivity index (χ1) is 8.15. The van der Waals surface area contributed by atoms with Gasteiger partial charge in [0, 0.05) is 53.8 Å². The van der Waals surface area contributed by atoms with E-state index in [0.717, 1.165) is 30.0 Å². The zero-order valence-corrected chi connectivity index (χ0v) is 11.3. The number of hydrogen-bond donors (Lipinski definition) is 1. The van der Waals surface area contributed by atoms with Crippen molar-refractivity contribution in [3.05, 3.63) is 24.3 Å². The van der Waals surface area contributed by atoms with Crippen molar-refractivity contribution < 1.29 is 4.21 Å². The van der Waals surface area contributed by atoms with Crippen LogP contribution in [0.15, 0.2) is 24.3 Å². The molecule has 1 heterocycles. The summed E-state index contributed by atoms with van der Waals surface area (Å²) in [5.74, 6) is 1.68.